The lowest BCUT2D eigenvalue weighted by atomic mass is 10.1. The van der Waals surface area contributed by atoms with Crippen molar-refractivity contribution in [1.82, 2.24) is 4.90 Å². The molecule has 2 rings (SSSR count). The lowest BCUT2D eigenvalue weighted by Crippen LogP contribution is -2.41. The topological polar surface area (TPSA) is 55.6 Å². The van der Waals surface area contributed by atoms with E-state index in [9.17, 15) is 10.1 Å². The molecule has 1 fully saturated rings. The predicted molar refractivity (Wildman–Crippen MR) is 78.2 cm³/mol. The maximum atomic E-state index is 10.7. The minimum Gasteiger partial charge on any atom is -0.490 e. The number of nitrogens with zero attached hydrogens (tertiary/aromatic N) is 2. The van der Waals surface area contributed by atoms with Crippen LogP contribution in [0.3, 0.4) is 0 Å². The van der Waals surface area contributed by atoms with Gasteiger partial charge >= 0.3 is 0 Å². The first-order valence-corrected chi connectivity index (χ1v) is 7.13. The molecule has 0 unspecified atom stereocenters. The number of likely N-dealkylation sites (tertiary alicyclic amines) is 1. The highest BCUT2D eigenvalue weighted by atomic mass is 16.6. The van der Waals surface area contributed by atoms with Gasteiger partial charge in [-0.15, -0.1) is 0 Å². The average Bonchev–Trinajstić information content (AvgIpc) is 2.41. The number of hydrogen-bond donors (Lipinski definition) is 0. The van der Waals surface area contributed by atoms with E-state index in [1.165, 1.54) is 6.07 Å². The van der Waals surface area contributed by atoms with Gasteiger partial charge in [0.2, 0.25) is 0 Å². The molecule has 0 amide bonds. The summed E-state index contributed by atoms with van der Waals surface area (Å²) >= 11 is 0. The predicted octanol–water partition coefficient (Wildman–Crippen LogP) is 3.15. The van der Waals surface area contributed by atoms with E-state index in [0.29, 0.717) is 6.04 Å². The zero-order valence-electron chi connectivity index (χ0n) is 12.3. The van der Waals surface area contributed by atoms with Crippen LogP contribution < -0.4 is 4.74 Å². The summed E-state index contributed by atoms with van der Waals surface area (Å²) in [6, 6.07) is 5.36. The second-order valence-corrected chi connectivity index (χ2v) is 5.65. The van der Waals surface area contributed by atoms with Gasteiger partial charge in [-0.25, -0.2) is 0 Å². The van der Waals surface area contributed by atoms with Crippen molar-refractivity contribution in [3.63, 3.8) is 0 Å². The molecule has 1 aliphatic rings. The van der Waals surface area contributed by atoms with Crippen molar-refractivity contribution in [2.75, 3.05) is 13.1 Å². The van der Waals surface area contributed by atoms with Gasteiger partial charge in [-0.1, -0.05) is 0 Å². The quantitative estimate of drug-likeness (QED) is 0.627. The fraction of sp³-hybridized carbons (Fsp3) is 0.600. The van der Waals surface area contributed by atoms with Crippen LogP contribution in [-0.4, -0.2) is 35.1 Å². The fourth-order valence-electron chi connectivity index (χ4n) is 2.57. The van der Waals surface area contributed by atoms with Gasteiger partial charge in [0.25, 0.3) is 5.69 Å². The lowest BCUT2D eigenvalue weighted by Gasteiger charge is -2.34. The molecule has 20 heavy (non-hydrogen) atoms. The molecule has 0 bridgehead atoms. The van der Waals surface area contributed by atoms with Gasteiger partial charge in [-0.05, 0) is 45.2 Å². The van der Waals surface area contributed by atoms with Crippen LogP contribution in [0.4, 0.5) is 5.69 Å². The zero-order valence-corrected chi connectivity index (χ0v) is 12.3. The van der Waals surface area contributed by atoms with E-state index in [0.717, 1.165) is 37.2 Å². The standard InChI is InChI=1S/C15H22N2O3/c1-11(2)16-8-6-14(7-9-16)20-15-5-4-13(17(18)19)10-12(15)3/h4-5,10-11,14H,6-9H2,1-3H3. The van der Waals surface area contributed by atoms with Gasteiger partial charge in [0.1, 0.15) is 11.9 Å². The second kappa shape index (κ2) is 6.22. The number of piperidine rings is 1. The molecule has 110 valence electrons. The molecular formula is C15H22N2O3. The van der Waals surface area contributed by atoms with E-state index in [2.05, 4.69) is 18.7 Å². The van der Waals surface area contributed by atoms with Crippen LogP contribution in [0.1, 0.15) is 32.3 Å². The van der Waals surface area contributed by atoms with E-state index in [-0.39, 0.29) is 16.7 Å². The number of ether oxygens (including phenoxy) is 1. The van der Waals surface area contributed by atoms with Crippen LogP contribution in [0.2, 0.25) is 0 Å². The van der Waals surface area contributed by atoms with E-state index in [4.69, 9.17) is 4.74 Å². The minimum atomic E-state index is -0.377. The molecule has 5 heteroatoms. The van der Waals surface area contributed by atoms with Gasteiger partial charge in [-0.2, -0.15) is 0 Å². The number of aryl methyl sites for hydroxylation is 1. The third-order valence-corrected chi connectivity index (χ3v) is 3.87. The summed E-state index contributed by atoms with van der Waals surface area (Å²) in [5.41, 5.74) is 0.940. The number of rotatable bonds is 4. The molecule has 0 saturated carbocycles. The SMILES string of the molecule is Cc1cc([N+](=O)[O-])ccc1OC1CCN(C(C)C)CC1. The number of benzene rings is 1. The van der Waals surface area contributed by atoms with Crippen molar-refractivity contribution in [3.05, 3.63) is 33.9 Å². The van der Waals surface area contributed by atoms with Gasteiger partial charge in [0, 0.05) is 31.3 Å². The molecule has 0 atom stereocenters. The summed E-state index contributed by atoms with van der Waals surface area (Å²) in [5, 5.41) is 10.7. The molecule has 0 N–H and O–H groups in total. The molecule has 1 heterocycles. The Morgan fingerprint density at radius 2 is 2.00 bits per heavy atom. The molecule has 1 aliphatic heterocycles. The van der Waals surface area contributed by atoms with Crippen LogP contribution >= 0.6 is 0 Å². The smallest absolute Gasteiger partial charge is 0.269 e. The Bertz CT molecular complexity index is 480. The van der Waals surface area contributed by atoms with E-state index in [1.54, 1.807) is 12.1 Å². The van der Waals surface area contributed by atoms with Crippen LogP contribution in [0.15, 0.2) is 18.2 Å². The van der Waals surface area contributed by atoms with Crippen LogP contribution in [0.5, 0.6) is 5.75 Å². The Morgan fingerprint density at radius 1 is 1.35 bits per heavy atom. The number of non-ortho nitro benzene ring substituents is 1. The average molecular weight is 278 g/mol. The van der Waals surface area contributed by atoms with Crippen molar-refractivity contribution in [2.45, 2.75) is 45.8 Å². The minimum absolute atomic E-state index is 0.115. The lowest BCUT2D eigenvalue weighted by molar-refractivity contribution is -0.384. The van der Waals surface area contributed by atoms with E-state index < -0.39 is 0 Å². The largest absolute Gasteiger partial charge is 0.490 e. The highest BCUT2D eigenvalue weighted by Crippen LogP contribution is 2.26. The van der Waals surface area contributed by atoms with Gasteiger partial charge in [0.15, 0.2) is 0 Å². The number of nitro groups is 1. The summed E-state index contributed by atoms with van der Waals surface area (Å²) in [4.78, 5) is 12.8. The third-order valence-electron chi connectivity index (χ3n) is 3.87. The first-order chi connectivity index (χ1) is 9.47. The zero-order chi connectivity index (χ0) is 14.7. The van der Waals surface area contributed by atoms with Crippen LogP contribution in [-0.2, 0) is 0 Å². The monoisotopic (exact) mass is 278 g/mol. The van der Waals surface area contributed by atoms with Crippen LogP contribution in [0.25, 0.3) is 0 Å². The first kappa shape index (κ1) is 14.8. The molecule has 1 saturated heterocycles. The maximum Gasteiger partial charge on any atom is 0.269 e. The summed E-state index contributed by atoms with van der Waals surface area (Å²) in [6.07, 6.45) is 2.23. The summed E-state index contributed by atoms with van der Waals surface area (Å²) in [7, 11) is 0. The van der Waals surface area contributed by atoms with Gasteiger partial charge in [-0.3, -0.25) is 10.1 Å². The van der Waals surface area contributed by atoms with Crippen molar-refractivity contribution < 1.29 is 9.66 Å². The first-order valence-electron chi connectivity index (χ1n) is 7.13. The molecule has 1 aromatic rings. The van der Waals surface area contributed by atoms with Crippen molar-refractivity contribution >= 4 is 5.69 Å². The Morgan fingerprint density at radius 3 is 2.50 bits per heavy atom. The van der Waals surface area contributed by atoms with Crippen molar-refractivity contribution in [2.24, 2.45) is 0 Å². The summed E-state index contributed by atoms with van der Waals surface area (Å²) in [6.45, 7) is 8.37. The third kappa shape index (κ3) is 3.48. The molecule has 0 aromatic heterocycles. The highest BCUT2D eigenvalue weighted by molar-refractivity contribution is 5.43. The molecule has 1 aromatic carbocycles. The summed E-state index contributed by atoms with van der Waals surface area (Å²) in [5.74, 6) is 0.763. The molecule has 0 spiro atoms. The fourth-order valence-corrected chi connectivity index (χ4v) is 2.57. The van der Waals surface area contributed by atoms with E-state index >= 15 is 0 Å². The Balaban J connectivity index is 1.96. The Kier molecular flexibility index (Phi) is 4.60. The van der Waals surface area contributed by atoms with Gasteiger partial charge < -0.3 is 9.64 Å². The van der Waals surface area contributed by atoms with E-state index in [1.807, 2.05) is 6.92 Å². The number of hydrogen-bond acceptors (Lipinski definition) is 4. The Hall–Kier alpha value is -1.62. The summed E-state index contributed by atoms with van der Waals surface area (Å²) < 4.78 is 6.00. The maximum absolute atomic E-state index is 10.7. The number of nitro benzene ring substituents is 1. The van der Waals surface area contributed by atoms with Gasteiger partial charge in [0.05, 0.1) is 4.92 Å². The van der Waals surface area contributed by atoms with Crippen molar-refractivity contribution in [3.8, 4) is 5.75 Å². The molecule has 5 nitrogen and oxygen atoms in total. The Labute approximate surface area is 119 Å². The second-order valence-electron chi connectivity index (χ2n) is 5.65. The molecule has 0 radical (unpaired) electrons. The van der Waals surface area contributed by atoms with Crippen LogP contribution in [0, 0.1) is 17.0 Å². The van der Waals surface area contributed by atoms with Crippen molar-refractivity contribution in [1.29, 1.82) is 0 Å². The normalized spacial score (nSPS) is 17.4. The highest BCUT2D eigenvalue weighted by Gasteiger charge is 2.22. The molecule has 0 aliphatic carbocycles. The molecular weight excluding hydrogens is 256 g/mol.